The van der Waals surface area contributed by atoms with E-state index in [0.717, 1.165) is 25.9 Å². The summed E-state index contributed by atoms with van der Waals surface area (Å²) in [6, 6.07) is 9.82. The number of likely N-dealkylation sites (tertiary alicyclic amines) is 1. The second-order valence-corrected chi connectivity index (χ2v) is 7.50. The van der Waals surface area contributed by atoms with Gasteiger partial charge in [0.1, 0.15) is 0 Å². The zero-order chi connectivity index (χ0) is 19.4. The van der Waals surface area contributed by atoms with Crippen molar-refractivity contribution < 1.29 is 9.59 Å². The van der Waals surface area contributed by atoms with Gasteiger partial charge in [0.15, 0.2) is 0 Å². The van der Waals surface area contributed by atoms with Gasteiger partial charge >= 0.3 is 0 Å². The number of rotatable bonds is 5. The second-order valence-electron chi connectivity index (χ2n) is 6.22. The Bertz CT molecular complexity index is 867. The normalized spacial score (nSPS) is 13.5. The quantitative estimate of drug-likeness (QED) is 0.712. The van der Waals surface area contributed by atoms with E-state index in [2.05, 4.69) is 10.6 Å². The standard InChI is InChI=1S/C19H18Cl3N3O2/c20-12-4-6-16(14(9-12)19(27)25-7-1-2-8-25)23-11-18(26)24-17-10-13(21)3-5-15(17)22/h3-6,9-10,23H,1-2,7-8,11H2,(H,24,26). The average molecular weight is 427 g/mol. The first-order valence-electron chi connectivity index (χ1n) is 8.51. The summed E-state index contributed by atoms with van der Waals surface area (Å²) in [6.45, 7) is 1.43. The minimum Gasteiger partial charge on any atom is -0.375 e. The van der Waals surface area contributed by atoms with Crippen molar-refractivity contribution in [2.45, 2.75) is 12.8 Å². The van der Waals surface area contributed by atoms with E-state index in [9.17, 15) is 9.59 Å². The molecule has 142 valence electrons. The maximum atomic E-state index is 12.7. The molecule has 2 aromatic carbocycles. The zero-order valence-electron chi connectivity index (χ0n) is 14.4. The maximum absolute atomic E-state index is 12.7. The van der Waals surface area contributed by atoms with Gasteiger partial charge in [-0.15, -0.1) is 0 Å². The summed E-state index contributed by atoms with van der Waals surface area (Å²) in [4.78, 5) is 26.8. The Morgan fingerprint density at radius 2 is 1.59 bits per heavy atom. The lowest BCUT2D eigenvalue weighted by atomic mass is 10.1. The molecule has 1 heterocycles. The first-order chi connectivity index (χ1) is 12.9. The van der Waals surface area contributed by atoms with E-state index < -0.39 is 0 Å². The minimum atomic E-state index is -0.311. The van der Waals surface area contributed by atoms with E-state index in [4.69, 9.17) is 34.8 Å². The van der Waals surface area contributed by atoms with Crippen LogP contribution in [0.1, 0.15) is 23.2 Å². The van der Waals surface area contributed by atoms with Gasteiger partial charge in [0.05, 0.1) is 22.8 Å². The van der Waals surface area contributed by atoms with Crippen LogP contribution in [0, 0.1) is 0 Å². The fourth-order valence-corrected chi connectivity index (χ4v) is 3.41. The molecule has 1 fully saturated rings. The van der Waals surface area contributed by atoms with Crippen molar-refractivity contribution >= 4 is 58.0 Å². The smallest absolute Gasteiger partial charge is 0.256 e. The molecule has 0 aromatic heterocycles. The van der Waals surface area contributed by atoms with Gasteiger partial charge in [0, 0.05) is 28.8 Å². The van der Waals surface area contributed by atoms with Gasteiger partial charge in [-0.2, -0.15) is 0 Å². The zero-order valence-corrected chi connectivity index (χ0v) is 16.7. The van der Waals surface area contributed by atoms with Crippen molar-refractivity contribution in [1.29, 1.82) is 0 Å². The third kappa shape index (κ3) is 5.06. The van der Waals surface area contributed by atoms with E-state index in [1.807, 2.05) is 0 Å². The number of carbonyl (C=O) groups is 2. The number of benzene rings is 2. The molecule has 2 amide bonds. The first kappa shape index (κ1) is 19.8. The molecule has 0 saturated carbocycles. The average Bonchev–Trinajstić information content (AvgIpc) is 3.18. The molecule has 0 unspecified atom stereocenters. The van der Waals surface area contributed by atoms with Crippen LogP contribution in [0.4, 0.5) is 11.4 Å². The second kappa shape index (κ2) is 8.83. The van der Waals surface area contributed by atoms with Crippen LogP contribution in [-0.2, 0) is 4.79 Å². The van der Waals surface area contributed by atoms with E-state index in [-0.39, 0.29) is 18.4 Å². The SMILES string of the molecule is O=C(CNc1ccc(Cl)cc1C(=O)N1CCCC1)Nc1cc(Cl)ccc1Cl. The molecular formula is C19H18Cl3N3O2. The van der Waals surface area contributed by atoms with Gasteiger partial charge in [0.2, 0.25) is 5.91 Å². The Morgan fingerprint density at radius 1 is 0.926 bits per heavy atom. The highest BCUT2D eigenvalue weighted by molar-refractivity contribution is 6.35. The van der Waals surface area contributed by atoms with Crippen LogP contribution in [0.2, 0.25) is 15.1 Å². The van der Waals surface area contributed by atoms with E-state index in [1.54, 1.807) is 41.3 Å². The van der Waals surface area contributed by atoms with Crippen LogP contribution in [0.3, 0.4) is 0 Å². The lowest BCUT2D eigenvalue weighted by Crippen LogP contribution is -2.29. The molecule has 0 atom stereocenters. The highest BCUT2D eigenvalue weighted by atomic mass is 35.5. The summed E-state index contributed by atoms with van der Waals surface area (Å²) in [7, 11) is 0. The number of carbonyl (C=O) groups excluding carboxylic acids is 2. The number of amides is 2. The molecule has 27 heavy (non-hydrogen) atoms. The monoisotopic (exact) mass is 425 g/mol. The van der Waals surface area contributed by atoms with E-state index in [0.29, 0.717) is 32.0 Å². The Kier molecular flexibility index (Phi) is 6.47. The number of nitrogens with one attached hydrogen (secondary N) is 2. The van der Waals surface area contributed by atoms with Crippen LogP contribution < -0.4 is 10.6 Å². The number of hydrogen-bond acceptors (Lipinski definition) is 3. The van der Waals surface area contributed by atoms with Crippen molar-refractivity contribution in [3.63, 3.8) is 0 Å². The highest BCUT2D eigenvalue weighted by Crippen LogP contribution is 2.26. The fraction of sp³-hybridized carbons (Fsp3) is 0.263. The topological polar surface area (TPSA) is 61.4 Å². The lowest BCUT2D eigenvalue weighted by molar-refractivity contribution is -0.114. The first-order valence-corrected chi connectivity index (χ1v) is 9.65. The molecule has 1 aliphatic rings. The number of hydrogen-bond donors (Lipinski definition) is 2. The van der Waals surface area contributed by atoms with E-state index >= 15 is 0 Å². The molecule has 1 aliphatic heterocycles. The Hall–Kier alpha value is -1.95. The minimum absolute atomic E-state index is 0.0369. The summed E-state index contributed by atoms with van der Waals surface area (Å²) >= 11 is 18.0. The predicted octanol–water partition coefficient (Wildman–Crippen LogP) is 4.93. The molecule has 2 N–H and O–H groups in total. The highest BCUT2D eigenvalue weighted by Gasteiger charge is 2.22. The summed E-state index contributed by atoms with van der Waals surface area (Å²) in [5.74, 6) is -0.399. The van der Waals surface area contributed by atoms with Gasteiger partial charge in [0.25, 0.3) is 5.91 Å². The van der Waals surface area contributed by atoms with Gasteiger partial charge in [-0.25, -0.2) is 0 Å². The van der Waals surface area contributed by atoms with Gasteiger partial charge in [-0.05, 0) is 49.2 Å². The molecule has 3 rings (SSSR count). The summed E-state index contributed by atoms with van der Waals surface area (Å²) in [6.07, 6.45) is 2.00. The van der Waals surface area contributed by atoms with E-state index in [1.165, 1.54) is 0 Å². The molecule has 0 spiro atoms. The molecule has 1 saturated heterocycles. The van der Waals surface area contributed by atoms with Crippen molar-refractivity contribution in [2.24, 2.45) is 0 Å². The molecular weight excluding hydrogens is 409 g/mol. The van der Waals surface area contributed by atoms with Crippen molar-refractivity contribution in [3.05, 3.63) is 57.0 Å². The molecule has 0 bridgehead atoms. The summed E-state index contributed by atoms with van der Waals surface area (Å²) in [5, 5.41) is 7.04. The van der Waals surface area contributed by atoms with Crippen LogP contribution >= 0.6 is 34.8 Å². The van der Waals surface area contributed by atoms with Crippen LogP contribution in [0.25, 0.3) is 0 Å². The molecule has 0 aliphatic carbocycles. The van der Waals surface area contributed by atoms with Crippen molar-refractivity contribution in [3.8, 4) is 0 Å². The van der Waals surface area contributed by atoms with Crippen LogP contribution in [-0.4, -0.2) is 36.3 Å². The van der Waals surface area contributed by atoms with Crippen LogP contribution in [0.15, 0.2) is 36.4 Å². The third-order valence-electron chi connectivity index (χ3n) is 4.25. The number of anilines is 2. The third-order valence-corrected chi connectivity index (χ3v) is 5.05. The fourth-order valence-electron chi connectivity index (χ4n) is 2.90. The predicted molar refractivity (Wildman–Crippen MR) is 110 cm³/mol. The van der Waals surface area contributed by atoms with Gasteiger partial charge in [-0.3, -0.25) is 9.59 Å². The maximum Gasteiger partial charge on any atom is 0.256 e. The molecule has 2 aromatic rings. The Balaban J connectivity index is 1.69. The van der Waals surface area contributed by atoms with Crippen molar-refractivity contribution in [1.82, 2.24) is 4.90 Å². The van der Waals surface area contributed by atoms with Crippen molar-refractivity contribution in [2.75, 3.05) is 30.3 Å². The molecule has 5 nitrogen and oxygen atoms in total. The van der Waals surface area contributed by atoms with Crippen LogP contribution in [0.5, 0.6) is 0 Å². The number of halogens is 3. The molecule has 8 heteroatoms. The van der Waals surface area contributed by atoms with Gasteiger partial charge in [-0.1, -0.05) is 34.8 Å². The number of nitrogens with zero attached hydrogens (tertiary/aromatic N) is 1. The molecule has 0 radical (unpaired) electrons. The summed E-state index contributed by atoms with van der Waals surface area (Å²) < 4.78 is 0. The summed E-state index contributed by atoms with van der Waals surface area (Å²) in [5.41, 5.74) is 1.45. The lowest BCUT2D eigenvalue weighted by Gasteiger charge is -2.18. The Morgan fingerprint density at radius 3 is 2.33 bits per heavy atom. The Labute approximate surface area is 172 Å². The van der Waals surface area contributed by atoms with Gasteiger partial charge < -0.3 is 15.5 Å². The largest absolute Gasteiger partial charge is 0.375 e.